The van der Waals surface area contributed by atoms with E-state index >= 15 is 0 Å². The van der Waals surface area contributed by atoms with Crippen molar-refractivity contribution in [2.75, 3.05) is 24.1 Å². The molecule has 1 heterocycles. The summed E-state index contributed by atoms with van der Waals surface area (Å²) in [6.45, 7) is 4.34. The number of ether oxygens (including phenoxy) is 2. The average molecular weight is 384 g/mol. The van der Waals surface area contributed by atoms with E-state index in [2.05, 4.69) is 6.58 Å². The molecular weight excluding hydrogens is 369 g/mol. The average Bonchev–Trinajstić information content (AvgIpc) is 2.61. The van der Waals surface area contributed by atoms with Crippen molar-refractivity contribution < 1.29 is 22.3 Å². The molecule has 0 saturated heterocycles. The normalized spacial score (nSPS) is 13.4. The first-order chi connectivity index (χ1) is 11.9. The van der Waals surface area contributed by atoms with Crippen LogP contribution in [-0.4, -0.2) is 28.2 Å². The molecule has 0 aromatic heterocycles. The molecule has 0 N–H and O–H groups in total. The van der Waals surface area contributed by atoms with Gasteiger partial charge >= 0.3 is 0 Å². The Kier molecular flexibility index (Phi) is 4.87. The van der Waals surface area contributed by atoms with Gasteiger partial charge in [-0.2, -0.15) is 0 Å². The van der Waals surface area contributed by atoms with Gasteiger partial charge < -0.3 is 9.47 Å². The second kappa shape index (κ2) is 6.93. The monoisotopic (exact) mass is 383 g/mol. The highest BCUT2D eigenvalue weighted by atomic mass is 35.5. The van der Waals surface area contributed by atoms with Crippen LogP contribution >= 0.6 is 11.6 Å². The quantitative estimate of drug-likeness (QED) is 0.740. The Labute approximate surface area is 150 Å². The summed E-state index contributed by atoms with van der Waals surface area (Å²) in [5.74, 6) is 0.231. The van der Waals surface area contributed by atoms with Gasteiger partial charge in [-0.1, -0.05) is 17.7 Å². The van der Waals surface area contributed by atoms with E-state index < -0.39 is 15.8 Å². The summed E-state index contributed by atoms with van der Waals surface area (Å²) in [6.07, 6.45) is 1.44. The van der Waals surface area contributed by atoms with Crippen LogP contribution in [0.1, 0.15) is 0 Å². The highest BCUT2D eigenvalue weighted by Crippen LogP contribution is 2.34. The topological polar surface area (TPSA) is 55.8 Å². The number of hydrogen-bond donors (Lipinski definition) is 0. The maximum absolute atomic E-state index is 13.4. The molecule has 132 valence electrons. The molecule has 8 heteroatoms. The molecule has 2 aromatic carbocycles. The number of anilines is 1. The molecule has 0 fully saturated rings. The zero-order valence-corrected chi connectivity index (χ0v) is 14.7. The molecule has 0 atom stereocenters. The lowest BCUT2D eigenvalue weighted by molar-refractivity contribution is 0.171. The predicted molar refractivity (Wildman–Crippen MR) is 93.6 cm³/mol. The van der Waals surface area contributed by atoms with E-state index in [4.69, 9.17) is 21.1 Å². The molecule has 0 unspecified atom stereocenters. The van der Waals surface area contributed by atoms with Gasteiger partial charge in [0.25, 0.3) is 10.0 Å². The molecule has 0 spiro atoms. The Hall–Kier alpha value is -2.25. The van der Waals surface area contributed by atoms with Crippen molar-refractivity contribution in [3.63, 3.8) is 0 Å². The molecule has 25 heavy (non-hydrogen) atoms. The van der Waals surface area contributed by atoms with Crippen LogP contribution in [0.5, 0.6) is 11.5 Å². The van der Waals surface area contributed by atoms with E-state index in [9.17, 15) is 12.8 Å². The number of sulfonamides is 1. The number of benzene rings is 2. The van der Waals surface area contributed by atoms with Crippen LogP contribution in [0.2, 0.25) is 5.02 Å². The van der Waals surface area contributed by atoms with Crippen LogP contribution in [-0.2, 0) is 10.0 Å². The van der Waals surface area contributed by atoms with Crippen LogP contribution in [0.25, 0.3) is 0 Å². The van der Waals surface area contributed by atoms with Gasteiger partial charge in [-0.15, -0.1) is 6.58 Å². The molecule has 0 amide bonds. The highest BCUT2D eigenvalue weighted by Gasteiger charge is 2.26. The molecule has 3 rings (SSSR count). The molecule has 0 aliphatic carbocycles. The maximum atomic E-state index is 13.4. The third-order valence-electron chi connectivity index (χ3n) is 3.59. The van der Waals surface area contributed by atoms with Crippen molar-refractivity contribution in [3.8, 4) is 11.5 Å². The summed E-state index contributed by atoms with van der Waals surface area (Å²) in [5.41, 5.74) is 0.237. The molecule has 0 radical (unpaired) electrons. The van der Waals surface area contributed by atoms with Crippen molar-refractivity contribution in [2.24, 2.45) is 0 Å². The van der Waals surface area contributed by atoms with Gasteiger partial charge in [-0.05, 0) is 30.3 Å². The van der Waals surface area contributed by atoms with Gasteiger partial charge in [-0.3, -0.25) is 4.31 Å². The fraction of sp³-hybridized carbons (Fsp3) is 0.176. The van der Waals surface area contributed by atoms with E-state index in [0.717, 1.165) is 10.4 Å². The van der Waals surface area contributed by atoms with Crippen molar-refractivity contribution >= 4 is 27.3 Å². The Balaban J connectivity index is 2.05. The second-order valence-electron chi connectivity index (χ2n) is 5.23. The molecule has 5 nitrogen and oxygen atoms in total. The lowest BCUT2D eigenvalue weighted by Gasteiger charge is -2.25. The van der Waals surface area contributed by atoms with E-state index in [-0.39, 0.29) is 22.2 Å². The Morgan fingerprint density at radius 1 is 1.16 bits per heavy atom. The van der Waals surface area contributed by atoms with Crippen LogP contribution in [0.3, 0.4) is 0 Å². The third kappa shape index (κ3) is 3.43. The van der Waals surface area contributed by atoms with Crippen LogP contribution in [0.15, 0.2) is 53.9 Å². The minimum Gasteiger partial charge on any atom is -0.486 e. The smallest absolute Gasteiger partial charge is 0.264 e. The third-order valence-corrected chi connectivity index (χ3v) is 5.67. The SMILES string of the molecule is C=CCN(c1ccc(F)c(Cl)c1)S(=O)(=O)c1ccc2c(c1)OCCO2. The molecule has 2 aromatic rings. The Morgan fingerprint density at radius 2 is 1.88 bits per heavy atom. The molecule has 0 bridgehead atoms. The number of nitrogens with zero attached hydrogens (tertiary/aromatic N) is 1. The molecule has 1 aliphatic rings. The van der Waals surface area contributed by atoms with E-state index in [1.807, 2.05) is 0 Å². The lowest BCUT2D eigenvalue weighted by Crippen LogP contribution is -2.31. The summed E-state index contributed by atoms with van der Waals surface area (Å²) < 4.78 is 51.4. The summed E-state index contributed by atoms with van der Waals surface area (Å²) in [4.78, 5) is 0.0269. The van der Waals surface area contributed by atoms with Crippen LogP contribution in [0, 0.1) is 5.82 Å². The van der Waals surface area contributed by atoms with Crippen molar-refractivity contribution in [3.05, 3.63) is 59.9 Å². The first-order valence-corrected chi connectivity index (χ1v) is 9.23. The largest absolute Gasteiger partial charge is 0.486 e. The molecular formula is C17H15ClFNO4S. The van der Waals surface area contributed by atoms with E-state index in [1.165, 1.54) is 30.3 Å². The van der Waals surface area contributed by atoms with Crippen LogP contribution in [0.4, 0.5) is 10.1 Å². The summed E-state index contributed by atoms with van der Waals surface area (Å²) in [7, 11) is -3.93. The van der Waals surface area contributed by atoms with E-state index in [0.29, 0.717) is 24.7 Å². The standard InChI is InChI=1S/C17H15ClFNO4S/c1-2-7-20(12-3-5-15(19)14(18)10-12)25(21,22)13-4-6-16-17(11-13)24-9-8-23-16/h2-6,10-11H,1,7-9H2. The van der Waals surface area contributed by atoms with Gasteiger partial charge in [0.15, 0.2) is 11.5 Å². The fourth-order valence-corrected chi connectivity index (χ4v) is 4.03. The number of fused-ring (bicyclic) bond motifs is 1. The number of hydrogen-bond acceptors (Lipinski definition) is 4. The first kappa shape index (κ1) is 17.6. The van der Waals surface area contributed by atoms with Gasteiger partial charge in [-0.25, -0.2) is 12.8 Å². The highest BCUT2D eigenvalue weighted by molar-refractivity contribution is 7.92. The van der Waals surface area contributed by atoms with Gasteiger partial charge in [0.2, 0.25) is 0 Å². The Bertz CT molecular complexity index is 917. The second-order valence-corrected chi connectivity index (χ2v) is 7.50. The Morgan fingerprint density at radius 3 is 2.56 bits per heavy atom. The summed E-state index contributed by atoms with van der Waals surface area (Å²) >= 11 is 5.79. The lowest BCUT2D eigenvalue weighted by atomic mass is 10.3. The summed E-state index contributed by atoms with van der Waals surface area (Å²) in [6, 6.07) is 8.11. The van der Waals surface area contributed by atoms with Gasteiger partial charge in [0, 0.05) is 6.07 Å². The van der Waals surface area contributed by atoms with Crippen LogP contribution < -0.4 is 13.8 Å². The fourth-order valence-electron chi connectivity index (χ4n) is 2.41. The number of halogens is 2. The zero-order valence-electron chi connectivity index (χ0n) is 13.1. The minimum atomic E-state index is -3.93. The van der Waals surface area contributed by atoms with E-state index in [1.54, 1.807) is 6.07 Å². The molecule has 1 aliphatic heterocycles. The first-order valence-electron chi connectivity index (χ1n) is 7.42. The van der Waals surface area contributed by atoms with Crippen molar-refractivity contribution in [1.82, 2.24) is 0 Å². The van der Waals surface area contributed by atoms with Gasteiger partial charge in [0.05, 0.1) is 22.2 Å². The predicted octanol–water partition coefficient (Wildman–Crippen LogP) is 3.63. The minimum absolute atomic E-state index is 0.00125. The van der Waals surface area contributed by atoms with Crippen molar-refractivity contribution in [1.29, 1.82) is 0 Å². The summed E-state index contributed by atoms with van der Waals surface area (Å²) in [5, 5.41) is -0.163. The zero-order chi connectivity index (χ0) is 18.0. The maximum Gasteiger partial charge on any atom is 0.264 e. The van der Waals surface area contributed by atoms with Gasteiger partial charge in [0.1, 0.15) is 19.0 Å². The number of rotatable bonds is 5. The van der Waals surface area contributed by atoms with Crippen molar-refractivity contribution in [2.45, 2.75) is 4.90 Å². The molecule has 0 saturated carbocycles.